The summed E-state index contributed by atoms with van der Waals surface area (Å²) in [7, 11) is -2.10. The van der Waals surface area contributed by atoms with Gasteiger partial charge in [0.15, 0.2) is 14.1 Å². The maximum atomic E-state index is 15.7. The zero-order valence-electron chi connectivity index (χ0n) is 25.3. The average molecular weight is 641 g/mol. The van der Waals surface area contributed by atoms with Gasteiger partial charge in [-0.05, 0) is 71.9 Å². The maximum Gasteiger partial charge on any atom is 0.224 e. The standard InChI is InChI=1S/C30H35ClF2N8O2Si/c1-30(2,3)44(4,5)43-15-22-27(32)19(10-11-34-22)21-14-35-29(37-21)24-8-6-18-12-17(13-25(42)41(18)24)26-23(40-16-36-38-39-40)9-7-20(31)28(26)33/h7,9-11,14,16-18,24H,6,8,12-13,15H2,1-5H3,(H,35,37)/t17?,18-,24?/m1/s1. The number of carbonyl (C=O) groups is 1. The quantitative estimate of drug-likeness (QED) is 0.229. The number of amides is 1. The first kappa shape index (κ1) is 30.5. The molecule has 0 spiro atoms. The molecule has 1 N–H and O–H groups in total. The van der Waals surface area contributed by atoms with Gasteiger partial charge in [-0.2, -0.15) is 0 Å². The fraction of sp³-hybridized carbons (Fsp3) is 0.467. The van der Waals surface area contributed by atoms with Crippen LogP contribution in [-0.2, 0) is 15.8 Å². The van der Waals surface area contributed by atoms with Crippen LogP contribution in [0.25, 0.3) is 16.9 Å². The second-order valence-corrected chi connectivity index (χ2v) is 18.3. The third-order valence-corrected chi connectivity index (χ3v) is 14.2. The zero-order chi connectivity index (χ0) is 31.4. The number of H-pyrrole nitrogens is 1. The highest BCUT2D eigenvalue weighted by atomic mass is 35.5. The fourth-order valence-corrected chi connectivity index (χ4v) is 7.12. The van der Waals surface area contributed by atoms with E-state index in [4.69, 9.17) is 16.0 Å². The number of imidazole rings is 1. The molecule has 4 aromatic rings. The van der Waals surface area contributed by atoms with E-state index in [2.05, 4.69) is 64.3 Å². The first-order chi connectivity index (χ1) is 20.9. The van der Waals surface area contributed by atoms with Crippen molar-refractivity contribution in [2.45, 2.75) is 89.2 Å². The molecule has 2 aliphatic rings. The number of aromatic amines is 1. The van der Waals surface area contributed by atoms with Gasteiger partial charge in [0.25, 0.3) is 0 Å². The molecule has 0 bridgehead atoms. The molecule has 0 saturated carbocycles. The van der Waals surface area contributed by atoms with E-state index in [0.717, 1.165) is 6.42 Å². The maximum absolute atomic E-state index is 15.7. The lowest BCUT2D eigenvalue weighted by Gasteiger charge is -2.38. The van der Waals surface area contributed by atoms with Crippen molar-refractivity contribution < 1.29 is 18.0 Å². The van der Waals surface area contributed by atoms with Crippen molar-refractivity contribution in [3.8, 4) is 16.9 Å². The Morgan fingerprint density at radius 3 is 2.66 bits per heavy atom. The van der Waals surface area contributed by atoms with E-state index in [1.807, 2.05) is 4.90 Å². The van der Waals surface area contributed by atoms with Crippen LogP contribution in [0.5, 0.6) is 0 Å². The number of hydrogen-bond donors (Lipinski definition) is 1. The van der Waals surface area contributed by atoms with Gasteiger partial charge in [-0.25, -0.2) is 18.4 Å². The summed E-state index contributed by atoms with van der Waals surface area (Å²) in [5, 5.41) is 11.2. The number of rotatable bonds is 7. The van der Waals surface area contributed by atoms with Gasteiger partial charge >= 0.3 is 0 Å². The van der Waals surface area contributed by atoms with Crippen LogP contribution < -0.4 is 0 Å². The van der Waals surface area contributed by atoms with Crippen molar-refractivity contribution in [1.82, 2.24) is 40.1 Å². The summed E-state index contributed by atoms with van der Waals surface area (Å²) < 4.78 is 38.7. The number of hydrogen-bond acceptors (Lipinski definition) is 7. The lowest BCUT2D eigenvalue weighted by atomic mass is 9.84. The molecule has 14 heteroatoms. The summed E-state index contributed by atoms with van der Waals surface area (Å²) in [6.45, 7) is 10.7. The van der Waals surface area contributed by atoms with Crippen LogP contribution in [0.15, 0.2) is 36.9 Å². The van der Waals surface area contributed by atoms with E-state index >= 15 is 8.78 Å². The molecule has 44 heavy (non-hydrogen) atoms. The number of aromatic nitrogens is 7. The van der Waals surface area contributed by atoms with Gasteiger partial charge in [-0.3, -0.25) is 9.78 Å². The molecule has 2 aliphatic heterocycles. The first-order valence-electron chi connectivity index (χ1n) is 14.7. The second kappa shape index (κ2) is 11.4. The van der Waals surface area contributed by atoms with E-state index in [-0.39, 0.29) is 46.8 Å². The molecule has 6 rings (SSSR count). The van der Waals surface area contributed by atoms with Crippen LogP contribution in [-0.4, -0.2) is 60.3 Å². The Hall–Kier alpha value is -3.55. The normalized spacial score (nSPS) is 20.8. The van der Waals surface area contributed by atoms with Gasteiger partial charge in [0.05, 0.1) is 35.2 Å². The molecule has 3 atom stereocenters. The van der Waals surface area contributed by atoms with E-state index in [9.17, 15) is 4.79 Å². The van der Waals surface area contributed by atoms with Gasteiger partial charge in [0.1, 0.15) is 23.7 Å². The highest BCUT2D eigenvalue weighted by Crippen LogP contribution is 2.46. The van der Waals surface area contributed by atoms with Crippen molar-refractivity contribution in [3.05, 3.63) is 70.7 Å². The number of piperidine rings is 1. The van der Waals surface area contributed by atoms with E-state index in [1.165, 1.54) is 17.1 Å². The minimum atomic E-state index is -2.10. The molecule has 1 aromatic carbocycles. The second-order valence-electron chi connectivity index (χ2n) is 13.1. The highest BCUT2D eigenvalue weighted by molar-refractivity contribution is 6.74. The molecule has 3 aromatic heterocycles. The molecule has 2 saturated heterocycles. The Morgan fingerprint density at radius 2 is 1.93 bits per heavy atom. The highest BCUT2D eigenvalue weighted by Gasteiger charge is 2.45. The third kappa shape index (κ3) is 5.45. The molecule has 2 fully saturated rings. The van der Waals surface area contributed by atoms with Crippen LogP contribution in [0.2, 0.25) is 23.2 Å². The summed E-state index contributed by atoms with van der Waals surface area (Å²) in [5.41, 5.74) is 1.89. The largest absolute Gasteiger partial charge is 0.411 e. The number of pyridine rings is 1. The smallest absolute Gasteiger partial charge is 0.224 e. The van der Waals surface area contributed by atoms with Crippen LogP contribution in [0, 0.1) is 11.6 Å². The Bertz CT molecular complexity index is 1690. The summed E-state index contributed by atoms with van der Waals surface area (Å²) in [4.78, 5) is 27.6. The van der Waals surface area contributed by atoms with Gasteiger partial charge in [-0.1, -0.05) is 32.4 Å². The van der Waals surface area contributed by atoms with Crippen LogP contribution in [0.4, 0.5) is 8.78 Å². The number of halogens is 3. The average Bonchev–Trinajstić information content (AvgIpc) is 3.74. The van der Waals surface area contributed by atoms with Gasteiger partial charge in [0, 0.05) is 29.8 Å². The number of nitrogens with zero attached hydrogens (tertiary/aromatic N) is 7. The van der Waals surface area contributed by atoms with E-state index < -0.39 is 25.9 Å². The summed E-state index contributed by atoms with van der Waals surface area (Å²) >= 11 is 6.17. The summed E-state index contributed by atoms with van der Waals surface area (Å²) in [5.74, 6) is -0.929. The molecule has 232 valence electrons. The van der Waals surface area contributed by atoms with E-state index in [1.54, 1.807) is 24.5 Å². The van der Waals surface area contributed by atoms with E-state index in [0.29, 0.717) is 41.2 Å². The SMILES string of the molecule is CC(C)(C)[Si](C)(C)OCc1nccc(-c2cnc(C3CC[C@@H]4CC(c5c(-n6cnnn6)ccc(Cl)c5F)CC(=O)N34)[nH]2)c1F. The van der Waals surface area contributed by atoms with Crippen molar-refractivity contribution in [2.75, 3.05) is 0 Å². The number of benzene rings is 1. The van der Waals surface area contributed by atoms with Crippen molar-refractivity contribution in [2.24, 2.45) is 0 Å². The predicted molar refractivity (Wildman–Crippen MR) is 162 cm³/mol. The lowest BCUT2D eigenvalue weighted by Crippen LogP contribution is -2.43. The molecular weight excluding hydrogens is 606 g/mol. The van der Waals surface area contributed by atoms with Crippen molar-refractivity contribution in [1.29, 1.82) is 0 Å². The van der Waals surface area contributed by atoms with Crippen LogP contribution in [0.1, 0.15) is 75.5 Å². The zero-order valence-corrected chi connectivity index (χ0v) is 27.1. The molecule has 0 radical (unpaired) electrons. The molecule has 0 aliphatic carbocycles. The monoisotopic (exact) mass is 640 g/mol. The Labute approximate surface area is 260 Å². The summed E-state index contributed by atoms with van der Waals surface area (Å²) in [6.07, 6.45) is 6.61. The van der Waals surface area contributed by atoms with Gasteiger partial charge in [-0.15, -0.1) is 5.10 Å². The van der Waals surface area contributed by atoms with Crippen LogP contribution >= 0.6 is 11.6 Å². The fourth-order valence-electron chi connectivity index (χ4n) is 6.03. The van der Waals surface area contributed by atoms with Gasteiger partial charge < -0.3 is 14.3 Å². The van der Waals surface area contributed by atoms with Crippen molar-refractivity contribution >= 4 is 25.8 Å². The molecule has 2 unspecified atom stereocenters. The Kier molecular flexibility index (Phi) is 7.91. The molecule has 1 amide bonds. The number of nitrogens with one attached hydrogen (secondary N) is 1. The van der Waals surface area contributed by atoms with Gasteiger partial charge in [0.2, 0.25) is 5.91 Å². The Balaban J connectivity index is 1.21. The minimum Gasteiger partial charge on any atom is -0.411 e. The number of tetrazole rings is 1. The van der Waals surface area contributed by atoms with Crippen molar-refractivity contribution in [3.63, 3.8) is 0 Å². The topological polar surface area (TPSA) is 115 Å². The number of carbonyl (C=O) groups excluding carboxylic acids is 1. The minimum absolute atomic E-state index is 0.0102. The molecule has 10 nitrogen and oxygen atoms in total. The first-order valence-corrected chi connectivity index (χ1v) is 18.0. The lowest BCUT2D eigenvalue weighted by molar-refractivity contribution is -0.137. The number of fused-ring (bicyclic) bond motifs is 1. The summed E-state index contributed by atoms with van der Waals surface area (Å²) in [6, 6.07) is 4.33. The van der Waals surface area contributed by atoms with Crippen LogP contribution in [0.3, 0.4) is 0 Å². The Morgan fingerprint density at radius 1 is 1.14 bits per heavy atom. The predicted octanol–water partition coefficient (Wildman–Crippen LogP) is 6.51. The molecular formula is C30H35ClF2N8O2Si. The third-order valence-electron chi connectivity index (χ3n) is 9.42. The molecule has 5 heterocycles.